The first-order valence-corrected chi connectivity index (χ1v) is 12.2. The van der Waals surface area contributed by atoms with E-state index in [1.807, 2.05) is 0 Å². The first-order chi connectivity index (χ1) is 13.0. The lowest BCUT2D eigenvalue weighted by Gasteiger charge is -2.15. The van der Waals surface area contributed by atoms with E-state index in [1.54, 1.807) is 0 Å². The summed E-state index contributed by atoms with van der Waals surface area (Å²) in [6.45, 7) is 2.31. The second-order valence-electron chi connectivity index (χ2n) is 7.33. The molecule has 172 valence electrons. The zero-order valence-electron chi connectivity index (χ0n) is 17.7. The molecule has 0 amide bonds. The Hall–Kier alpha value is -0.250. The molecule has 0 heterocycles. The molecule has 0 aromatic carbocycles. The number of unbranched alkanes of at least 4 members (excludes halogenated alkanes) is 13. The van der Waals surface area contributed by atoms with Gasteiger partial charge in [0, 0.05) is 0 Å². The number of aliphatic hydroxyl groups is 1. The maximum Gasteiger partial charge on any atom is 0.397 e. The van der Waals surface area contributed by atoms with Crippen LogP contribution in [0.1, 0.15) is 103 Å². The number of hydrogen-bond donors (Lipinski definition) is 2. The third-order valence-corrected chi connectivity index (χ3v) is 5.19. The summed E-state index contributed by atoms with van der Waals surface area (Å²) in [5.41, 5.74) is 0. The lowest BCUT2D eigenvalue weighted by atomic mass is 10.0. The summed E-state index contributed by atoms with van der Waals surface area (Å²) in [7, 11) is -4.47. The van der Waals surface area contributed by atoms with Gasteiger partial charge in [0.25, 0.3) is 0 Å². The molecule has 7 nitrogen and oxygen atoms in total. The van der Waals surface area contributed by atoms with Crippen molar-refractivity contribution < 1.29 is 32.5 Å². The summed E-state index contributed by atoms with van der Waals surface area (Å²) < 4.78 is 40.2. The van der Waals surface area contributed by atoms with Gasteiger partial charge in [0.15, 0.2) is 0 Å². The molecule has 1 atom stereocenters. The van der Waals surface area contributed by atoms with Gasteiger partial charge < -0.3 is 15.3 Å². The summed E-state index contributed by atoms with van der Waals surface area (Å²) >= 11 is 0. The van der Waals surface area contributed by atoms with Crippen molar-refractivity contribution in [1.29, 1.82) is 0 Å². The number of rotatable bonds is 21. The van der Waals surface area contributed by atoms with Crippen LogP contribution in [0, 0.1) is 0 Å². The Bertz CT molecular complexity index is 401. The molecule has 28 heavy (non-hydrogen) atoms. The summed E-state index contributed by atoms with van der Waals surface area (Å²) in [5.74, 6) is 0. The Morgan fingerprint density at radius 1 is 0.786 bits per heavy atom. The summed E-state index contributed by atoms with van der Waals surface area (Å²) in [6, 6.07) is 0. The van der Waals surface area contributed by atoms with E-state index in [0.29, 0.717) is 6.42 Å². The van der Waals surface area contributed by atoms with Crippen molar-refractivity contribution in [3.8, 4) is 0 Å². The number of hydrogen-bond acceptors (Lipinski definition) is 5. The molecule has 0 aliphatic rings. The van der Waals surface area contributed by atoms with Crippen molar-refractivity contribution in [3.05, 3.63) is 0 Å². The monoisotopic (exact) mass is 428 g/mol. The molecule has 0 saturated carbocycles. The predicted molar refractivity (Wildman–Crippen MR) is 113 cm³/mol. The van der Waals surface area contributed by atoms with E-state index in [4.69, 9.17) is 14.4 Å². The third kappa shape index (κ3) is 23.8. The highest BCUT2D eigenvalue weighted by Crippen LogP contribution is 2.15. The van der Waals surface area contributed by atoms with Crippen LogP contribution >= 0.6 is 0 Å². The van der Waals surface area contributed by atoms with Crippen LogP contribution in [0.3, 0.4) is 0 Å². The Kier molecular flexibility index (Phi) is 23.0. The Morgan fingerprint density at radius 3 is 1.61 bits per heavy atom. The molecule has 1 unspecified atom stereocenters. The molecule has 0 fully saturated rings. The summed E-state index contributed by atoms with van der Waals surface area (Å²) in [5, 5.41) is 8.69. The summed E-state index contributed by atoms with van der Waals surface area (Å²) in [4.78, 5) is 0. The average Bonchev–Trinajstić information content (AvgIpc) is 2.60. The van der Waals surface area contributed by atoms with Crippen LogP contribution in [-0.2, 0) is 19.3 Å². The van der Waals surface area contributed by atoms with Crippen molar-refractivity contribution in [3.63, 3.8) is 0 Å². The minimum atomic E-state index is -4.47. The van der Waals surface area contributed by atoms with Crippen LogP contribution in [0.4, 0.5) is 0 Å². The van der Waals surface area contributed by atoms with E-state index in [2.05, 4.69) is 11.1 Å². The zero-order chi connectivity index (χ0) is 20.2. The Labute approximate surface area is 172 Å². The summed E-state index contributed by atoms with van der Waals surface area (Å²) in [6.07, 6.45) is 17.5. The van der Waals surface area contributed by atoms with Crippen LogP contribution in [0.2, 0.25) is 0 Å². The van der Waals surface area contributed by atoms with Crippen molar-refractivity contribution >= 4 is 10.4 Å². The van der Waals surface area contributed by atoms with E-state index < -0.39 is 16.5 Å². The van der Waals surface area contributed by atoms with Gasteiger partial charge in [0.1, 0.15) is 6.10 Å². The van der Waals surface area contributed by atoms with E-state index >= 15 is 0 Å². The fraction of sp³-hybridized carbons (Fsp3) is 1.00. The van der Waals surface area contributed by atoms with Crippen molar-refractivity contribution in [2.24, 2.45) is 0 Å². The highest BCUT2D eigenvalue weighted by Gasteiger charge is 2.17. The number of aliphatic hydroxyl groups excluding tert-OH is 1. The van der Waals surface area contributed by atoms with Crippen LogP contribution in [0.5, 0.6) is 0 Å². The van der Waals surface area contributed by atoms with Gasteiger partial charge in [-0.05, 0) is 6.42 Å². The molecule has 0 aliphatic carbocycles. The maximum absolute atomic E-state index is 10.9. The van der Waals surface area contributed by atoms with Gasteiger partial charge in [-0.2, -0.15) is 8.42 Å². The Morgan fingerprint density at radius 2 is 1.21 bits per heavy atom. The second-order valence-corrected chi connectivity index (χ2v) is 8.38. The van der Waals surface area contributed by atoms with Crippen LogP contribution in [0.15, 0.2) is 0 Å². The van der Waals surface area contributed by atoms with E-state index in [9.17, 15) is 8.42 Å². The lowest BCUT2D eigenvalue weighted by Crippen LogP contribution is -2.24. The first-order valence-electron chi connectivity index (χ1n) is 10.8. The molecule has 0 bridgehead atoms. The smallest absolute Gasteiger partial charge is 0.397 e. The normalized spacial score (nSPS) is 12.7. The second kappa shape index (κ2) is 21.5. The molecule has 0 rings (SSSR count). The number of ether oxygens (including phenoxy) is 1. The van der Waals surface area contributed by atoms with E-state index in [-0.39, 0.29) is 25.3 Å². The van der Waals surface area contributed by atoms with Crippen molar-refractivity contribution in [2.75, 3.05) is 19.8 Å². The molecular weight excluding hydrogens is 384 g/mol. The quantitative estimate of drug-likeness (QED) is 0.208. The highest BCUT2D eigenvalue weighted by molar-refractivity contribution is 7.80. The molecule has 0 aromatic rings. The molecular formula is C20H44O7S. The van der Waals surface area contributed by atoms with Crippen molar-refractivity contribution in [1.82, 2.24) is 0 Å². The minimum absolute atomic E-state index is 0. The molecule has 4 N–H and O–H groups in total. The topological polar surface area (TPSA) is 125 Å². The standard InChI is InChI=1S/C20H42O6S.H2O/c1-2-3-4-5-6-7-8-9-10-11-12-13-14-15-16-20(19-25-18-17-21)26-27(22,23)24;/h20-21H,2-19H2,1H3,(H,22,23,24);1H2. The van der Waals surface area contributed by atoms with Gasteiger partial charge in [-0.25, -0.2) is 4.18 Å². The van der Waals surface area contributed by atoms with Gasteiger partial charge in [-0.1, -0.05) is 96.8 Å². The third-order valence-electron chi connectivity index (χ3n) is 4.68. The zero-order valence-corrected chi connectivity index (χ0v) is 18.6. The van der Waals surface area contributed by atoms with Gasteiger partial charge in [-0.15, -0.1) is 0 Å². The molecule has 8 heteroatoms. The predicted octanol–water partition coefficient (Wildman–Crippen LogP) is 4.23. The molecule has 0 spiro atoms. The first kappa shape index (κ1) is 29.9. The molecule has 0 radical (unpaired) electrons. The fourth-order valence-electron chi connectivity index (χ4n) is 3.18. The molecule has 0 saturated heterocycles. The van der Waals surface area contributed by atoms with Gasteiger partial charge in [0.05, 0.1) is 19.8 Å². The van der Waals surface area contributed by atoms with Crippen LogP contribution in [0.25, 0.3) is 0 Å². The Balaban J connectivity index is 0. The van der Waals surface area contributed by atoms with Gasteiger partial charge in [-0.3, -0.25) is 4.55 Å². The van der Waals surface area contributed by atoms with Gasteiger partial charge in [0.2, 0.25) is 0 Å². The van der Waals surface area contributed by atoms with E-state index in [0.717, 1.165) is 19.3 Å². The molecule has 0 aromatic heterocycles. The van der Waals surface area contributed by atoms with Crippen LogP contribution in [-0.4, -0.2) is 49.5 Å². The highest BCUT2D eigenvalue weighted by atomic mass is 32.3. The van der Waals surface area contributed by atoms with Crippen molar-refractivity contribution in [2.45, 2.75) is 109 Å². The minimum Gasteiger partial charge on any atom is -0.412 e. The van der Waals surface area contributed by atoms with Gasteiger partial charge >= 0.3 is 10.4 Å². The lowest BCUT2D eigenvalue weighted by molar-refractivity contribution is 0.0262. The fourth-order valence-corrected chi connectivity index (χ4v) is 3.67. The SMILES string of the molecule is CCCCCCCCCCCCCCCCC(COCCO)OS(=O)(=O)O.O. The maximum atomic E-state index is 10.9. The van der Waals surface area contributed by atoms with E-state index in [1.165, 1.54) is 70.6 Å². The largest absolute Gasteiger partial charge is 0.412 e. The average molecular weight is 429 g/mol. The van der Waals surface area contributed by atoms with Crippen LogP contribution < -0.4 is 0 Å². The molecule has 0 aliphatic heterocycles.